The number of aliphatic hydroxyl groups is 2. The zero-order chi connectivity index (χ0) is 26.0. The van der Waals surface area contributed by atoms with Crippen molar-refractivity contribution in [3.8, 4) is 17.2 Å². The van der Waals surface area contributed by atoms with E-state index in [0.29, 0.717) is 5.56 Å². The van der Waals surface area contributed by atoms with Gasteiger partial charge in [0, 0.05) is 18.2 Å². The highest BCUT2D eigenvalue weighted by Gasteiger charge is 2.51. The van der Waals surface area contributed by atoms with E-state index in [1.165, 1.54) is 30.3 Å². The number of β-amino-alcohol motifs (C(OH)–C–C–N with tert-alkyl or cyclic N) is 1. The van der Waals surface area contributed by atoms with Crippen molar-refractivity contribution in [3.05, 3.63) is 70.6 Å². The first-order valence-electron chi connectivity index (χ1n) is 10.5. The number of hydrogen-bond acceptors (Lipinski definition) is 5. The van der Waals surface area contributed by atoms with E-state index in [4.69, 9.17) is 17.9 Å². The molecule has 2 aromatic carbocycles. The first kappa shape index (κ1) is 26.4. The molecule has 0 unspecified atom stereocenters. The van der Waals surface area contributed by atoms with Gasteiger partial charge in [-0.25, -0.2) is 22.5 Å². The van der Waals surface area contributed by atoms with E-state index in [2.05, 4.69) is 40.8 Å². The molecule has 1 aliphatic rings. The minimum Gasteiger partial charge on any atom is -0.486 e. The van der Waals surface area contributed by atoms with Crippen LogP contribution in [0.25, 0.3) is 9.69 Å². The summed E-state index contributed by atoms with van der Waals surface area (Å²) in [5.41, 5.74) is 1.40. The number of sulfonamides is 1. The summed E-state index contributed by atoms with van der Waals surface area (Å²) in [7, 11) is -5.93. The van der Waals surface area contributed by atoms with Crippen LogP contribution in [0, 0.1) is 30.4 Å². The molecule has 182 valence electrons. The van der Waals surface area contributed by atoms with E-state index < -0.39 is 48.8 Å². The molecule has 1 fully saturated rings. The first-order valence-corrected chi connectivity index (χ1v) is 15.5. The summed E-state index contributed by atoms with van der Waals surface area (Å²) in [6, 6.07) is 7.73. The molecule has 0 bridgehead atoms. The third-order valence-electron chi connectivity index (χ3n) is 5.29. The standard InChI is InChI=1S/C24H24FN3O5SSi/c1-26-20-8-7-18(13-19(20)25)33-23-14-28(15-24(23,30)16-29)34(31,32)22-9-6-17(12-21(22)27-2)10-11-35(3,4)5/h6-9,12-13,23,29-30H,14-16H2,3-5H3/t23-,24+/m0/s1. The second kappa shape index (κ2) is 9.78. The largest absolute Gasteiger partial charge is 0.486 e. The molecule has 2 N–H and O–H groups in total. The van der Waals surface area contributed by atoms with Gasteiger partial charge < -0.3 is 14.9 Å². The fraction of sp³-hybridized carbons (Fsp3) is 0.333. The quantitative estimate of drug-likeness (QED) is 0.363. The van der Waals surface area contributed by atoms with Crippen molar-refractivity contribution in [2.75, 3.05) is 19.7 Å². The summed E-state index contributed by atoms with van der Waals surface area (Å²) in [5, 5.41) is 20.7. The molecule has 2 aromatic rings. The highest BCUT2D eigenvalue weighted by atomic mass is 32.2. The lowest BCUT2D eigenvalue weighted by Gasteiger charge is -2.27. The minimum atomic E-state index is -4.25. The Labute approximate surface area is 205 Å². The van der Waals surface area contributed by atoms with Gasteiger partial charge in [0.05, 0.1) is 31.2 Å². The van der Waals surface area contributed by atoms with Crippen LogP contribution in [0.15, 0.2) is 41.3 Å². The molecule has 11 heteroatoms. The van der Waals surface area contributed by atoms with Crippen LogP contribution >= 0.6 is 0 Å². The molecule has 2 atom stereocenters. The predicted molar refractivity (Wildman–Crippen MR) is 131 cm³/mol. The van der Waals surface area contributed by atoms with E-state index in [1.807, 2.05) is 0 Å². The van der Waals surface area contributed by atoms with Gasteiger partial charge in [-0.3, -0.25) is 0 Å². The second-order valence-corrected chi connectivity index (χ2v) is 15.8. The van der Waals surface area contributed by atoms with Crippen LogP contribution in [0.4, 0.5) is 15.8 Å². The lowest BCUT2D eigenvalue weighted by molar-refractivity contribution is -0.0641. The van der Waals surface area contributed by atoms with E-state index in [0.717, 1.165) is 10.4 Å². The molecule has 0 radical (unpaired) electrons. The Hall–Kier alpha value is -3.24. The van der Waals surface area contributed by atoms with Crippen molar-refractivity contribution in [3.63, 3.8) is 0 Å². The average Bonchev–Trinajstić information content (AvgIpc) is 3.14. The third kappa shape index (κ3) is 5.71. The van der Waals surface area contributed by atoms with Gasteiger partial charge in [-0.2, -0.15) is 4.31 Å². The van der Waals surface area contributed by atoms with Crippen LogP contribution in [-0.4, -0.2) is 62.4 Å². The Balaban J connectivity index is 1.92. The summed E-state index contributed by atoms with van der Waals surface area (Å²) in [6.07, 6.45) is -1.22. The highest BCUT2D eigenvalue weighted by Crippen LogP contribution is 2.35. The maximum absolute atomic E-state index is 14.0. The van der Waals surface area contributed by atoms with Crippen LogP contribution in [0.3, 0.4) is 0 Å². The van der Waals surface area contributed by atoms with Crippen LogP contribution < -0.4 is 4.74 Å². The summed E-state index contributed by atoms with van der Waals surface area (Å²) in [6.45, 7) is 18.9. The predicted octanol–water partition coefficient (Wildman–Crippen LogP) is 3.33. The van der Waals surface area contributed by atoms with Crippen molar-refractivity contribution < 1.29 is 27.8 Å². The fourth-order valence-corrected chi connectivity index (χ4v) is 5.56. The SMILES string of the molecule is [C-]#[N+]c1ccc(O[C@H]2CN(S(=O)(=O)c3ccc(C#C[Si](C)(C)C)cc3[N+]#[C-])C[C@@]2(O)CO)cc1F. The molecular formula is C24H24FN3O5SSi. The van der Waals surface area contributed by atoms with E-state index in [1.54, 1.807) is 0 Å². The van der Waals surface area contributed by atoms with Gasteiger partial charge >= 0.3 is 0 Å². The molecule has 0 saturated carbocycles. The molecule has 1 aliphatic heterocycles. The molecule has 8 nitrogen and oxygen atoms in total. The number of nitrogens with zero attached hydrogens (tertiary/aromatic N) is 3. The fourth-order valence-electron chi connectivity index (χ4n) is 3.42. The summed E-state index contributed by atoms with van der Waals surface area (Å²) >= 11 is 0. The molecule has 0 amide bonds. The molecule has 3 rings (SSSR count). The number of ether oxygens (including phenoxy) is 1. The molecule has 0 aromatic heterocycles. The van der Waals surface area contributed by atoms with E-state index in [9.17, 15) is 23.0 Å². The normalized spacial score (nSPS) is 20.4. The minimum absolute atomic E-state index is 0.0294. The average molecular weight is 514 g/mol. The molecule has 1 saturated heterocycles. The molecular weight excluding hydrogens is 489 g/mol. The zero-order valence-corrected chi connectivity index (χ0v) is 21.2. The van der Waals surface area contributed by atoms with Gasteiger partial charge in [0.1, 0.15) is 31.3 Å². The molecule has 1 heterocycles. The Bertz CT molecular complexity index is 1400. The summed E-state index contributed by atoms with van der Waals surface area (Å²) in [4.78, 5) is 6.13. The van der Waals surface area contributed by atoms with E-state index >= 15 is 0 Å². The van der Waals surface area contributed by atoms with Gasteiger partial charge in [0.15, 0.2) is 0 Å². The monoisotopic (exact) mass is 513 g/mol. The molecule has 0 aliphatic carbocycles. The van der Waals surface area contributed by atoms with Crippen LogP contribution in [0.1, 0.15) is 5.56 Å². The number of aliphatic hydroxyl groups excluding tert-OH is 1. The van der Waals surface area contributed by atoms with Gasteiger partial charge in [0.25, 0.3) is 0 Å². The zero-order valence-electron chi connectivity index (χ0n) is 19.4. The van der Waals surface area contributed by atoms with Crippen molar-refractivity contribution in [2.24, 2.45) is 0 Å². The van der Waals surface area contributed by atoms with Crippen LogP contribution in [0.5, 0.6) is 5.75 Å². The number of halogens is 1. The Morgan fingerprint density at radius 2 is 1.89 bits per heavy atom. The first-order chi connectivity index (χ1) is 16.3. The highest BCUT2D eigenvalue weighted by molar-refractivity contribution is 7.89. The maximum atomic E-state index is 14.0. The van der Waals surface area contributed by atoms with Crippen molar-refractivity contribution >= 4 is 29.5 Å². The van der Waals surface area contributed by atoms with Crippen LogP contribution in [-0.2, 0) is 10.0 Å². The number of hydrogen-bond donors (Lipinski definition) is 2. The second-order valence-electron chi connectivity index (χ2n) is 9.19. The van der Waals surface area contributed by atoms with Crippen molar-refractivity contribution in [1.82, 2.24) is 4.31 Å². The van der Waals surface area contributed by atoms with Gasteiger partial charge in [-0.15, -0.1) is 5.54 Å². The van der Waals surface area contributed by atoms with Crippen molar-refractivity contribution in [1.29, 1.82) is 0 Å². The van der Waals surface area contributed by atoms with Crippen molar-refractivity contribution in [2.45, 2.75) is 36.2 Å². The summed E-state index contributed by atoms with van der Waals surface area (Å²) in [5.74, 6) is 2.14. The summed E-state index contributed by atoms with van der Waals surface area (Å²) < 4.78 is 47.3. The molecule has 35 heavy (non-hydrogen) atoms. The van der Waals surface area contributed by atoms with Crippen LogP contribution in [0.2, 0.25) is 19.6 Å². The van der Waals surface area contributed by atoms with E-state index in [-0.39, 0.29) is 28.6 Å². The maximum Gasteiger partial charge on any atom is 0.233 e. The Morgan fingerprint density at radius 1 is 1.20 bits per heavy atom. The number of benzene rings is 2. The Morgan fingerprint density at radius 3 is 2.46 bits per heavy atom. The molecule has 0 spiro atoms. The lowest BCUT2D eigenvalue weighted by Crippen LogP contribution is -2.48. The number of rotatable bonds is 5. The third-order valence-corrected chi connectivity index (χ3v) is 8.02. The smallest absolute Gasteiger partial charge is 0.233 e. The topological polar surface area (TPSA) is 95.8 Å². The Kier molecular flexibility index (Phi) is 7.37. The van der Waals surface area contributed by atoms with Gasteiger partial charge in [-0.05, 0) is 24.3 Å². The van der Waals surface area contributed by atoms with Gasteiger partial charge in [-0.1, -0.05) is 31.6 Å². The lowest BCUT2D eigenvalue weighted by atomic mass is 10.0. The van der Waals surface area contributed by atoms with Gasteiger partial charge in [0.2, 0.25) is 21.4 Å².